The zero-order valence-corrected chi connectivity index (χ0v) is 20.2. The van der Waals surface area contributed by atoms with Crippen molar-refractivity contribution in [1.29, 1.82) is 0 Å². The molecule has 0 saturated carbocycles. The third kappa shape index (κ3) is 3.83. The number of rotatable bonds is 4. The number of fused-ring (bicyclic) bond motifs is 3. The van der Waals surface area contributed by atoms with E-state index in [9.17, 15) is 0 Å². The summed E-state index contributed by atoms with van der Waals surface area (Å²) in [6.07, 6.45) is 7.67. The molecule has 5 aromatic rings. The Bertz CT molecular complexity index is 1580. The molecular formula is C33H24N4. The van der Waals surface area contributed by atoms with Crippen molar-refractivity contribution in [2.24, 2.45) is 0 Å². The Kier molecular flexibility index (Phi) is 5.21. The Labute approximate surface area is 216 Å². The van der Waals surface area contributed by atoms with Gasteiger partial charge in [-0.2, -0.15) is 0 Å². The first-order valence-corrected chi connectivity index (χ1v) is 12.6. The number of hydrogen-bond donors (Lipinski definition) is 0. The quantitative estimate of drug-likeness (QED) is 0.266. The molecule has 0 saturated heterocycles. The number of nitrogens with zero attached hydrogens (tertiary/aromatic N) is 4. The van der Waals surface area contributed by atoms with E-state index >= 15 is 0 Å². The van der Waals surface area contributed by atoms with Crippen molar-refractivity contribution in [1.82, 2.24) is 15.0 Å². The van der Waals surface area contributed by atoms with Gasteiger partial charge in [0, 0.05) is 33.6 Å². The zero-order valence-electron chi connectivity index (χ0n) is 20.2. The Balaban J connectivity index is 1.30. The normalized spacial score (nSPS) is 15.7. The number of para-hydroxylation sites is 1. The molecule has 4 aromatic carbocycles. The molecule has 0 radical (unpaired) electrons. The lowest BCUT2D eigenvalue weighted by atomic mass is 9.96. The van der Waals surface area contributed by atoms with E-state index in [1.807, 2.05) is 60.7 Å². The average molecular weight is 477 g/mol. The molecule has 4 heteroatoms. The van der Waals surface area contributed by atoms with Crippen LogP contribution in [0, 0.1) is 0 Å². The highest BCUT2D eigenvalue weighted by molar-refractivity contribution is 5.93. The molecule has 1 atom stereocenters. The van der Waals surface area contributed by atoms with Gasteiger partial charge in [0.2, 0.25) is 0 Å². The smallest absolute Gasteiger partial charge is 0.164 e. The number of aromatic nitrogens is 3. The topological polar surface area (TPSA) is 41.9 Å². The van der Waals surface area contributed by atoms with Crippen molar-refractivity contribution in [3.63, 3.8) is 0 Å². The van der Waals surface area contributed by atoms with Crippen molar-refractivity contribution in [2.45, 2.75) is 12.5 Å². The largest absolute Gasteiger partial charge is 0.333 e. The van der Waals surface area contributed by atoms with Crippen LogP contribution >= 0.6 is 0 Å². The molecule has 0 amide bonds. The molecule has 0 bridgehead atoms. The lowest BCUT2D eigenvalue weighted by Gasteiger charge is -2.28. The summed E-state index contributed by atoms with van der Waals surface area (Å²) in [6, 6.07) is 37.8. The predicted molar refractivity (Wildman–Crippen MR) is 150 cm³/mol. The minimum atomic E-state index is 0.319. The first-order valence-electron chi connectivity index (χ1n) is 12.6. The minimum absolute atomic E-state index is 0.319. The van der Waals surface area contributed by atoms with Crippen LogP contribution in [0.15, 0.2) is 127 Å². The summed E-state index contributed by atoms with van der Waals surface area (Å²) in [4.78, 5) is 17.0. The summed E-state index contributed by atoms with van der Waals surface area (Å²) in [5.74, 6) is 2.01. The van der Waals surface area contributed by atoms with Gasteiger partial charge in [-0.15, -0.1) is 0 Å². The van der Waals surface area contributed by atoms with E-state index in [2.05, 4.69) is 71.7 Å². The van der Waals surface area contributed by atoms with E-state index in [4.69, 9.17) is 15.0 Å². The monoisotopic (exact) mass is 476 g/mol. The standard InChI is InChI=1S/C33H24N4/c1-3-11-23(12-4-1)31-34-32(24-13-5-2-6-14-24)36-33(35-31)25-19-21-26(22-20-25)37-29-17-9-7-15-27(29)28-16-8-10-18-30(28)37/h1-17,19-22,30H,18H2. The van der Waals surface area contributed by atoms with Crippen LogP contribution in [0.1, 0.15) is 12.0 Å². The van der Waals surface area contributed by atoms with Gasteiger partial charge < -0.3 is 4.90 Å². The Hall–Kier alpha value is -4.83. The molecule has 1 aromatic heterocycles. The van der Waals surface area contributed by atoms with Gasteiger partial charge >= 0.3 is 0 Å². The van der Waals surface area contributed by atoms with Gasteiger partial charge in [-0.25, -0.2) is 15.0 Å². The van der Waals surface area contributed by atoms with Crippen LogP contribution in [-0.4, -0.2) is 21.0 Å². The van der Waals surface area contributed by atoms with Crippen LogP contribution in [0.5, 0.6) is 0 Å². The van der Waals surface area contributed by atoms with Crippen LogP contribution in [0.25, 0.3) is 39.7 Å². The van der Waals surface area contributed by atoms with E-state index in [0.29, 0.717) is 23.5 Å². The van der Waals surface area contributed by atoms with Gasteiger partial charge in [-0.3, -0.25) is 0 Å². The highest BCUT2D eigenvalue weighted by atomic mass is 15.2. The molecule has 176 valence electrons. The second kappa shape index (κ2) is 8.99. The summed E-state index contributed by atoms with van der Waals surface area (Å²) in [5.41, 5.74) is 8.04. The third-order valence-electron chi connectivity index (χ3n) is 7.02. The van der Waals surface area contributed by atoms with Gasteiger partial charge in [0.1, 0.15) is 0 Å². The second-order valence-electron chi connectivity index (χ2n) is 9.27. The highest BCUT2D eigenvalue weighted by Gasteiger charge is 2.34. The van der Waals surface area contributed by atoms with Gasteiger partial charge in [0.05, 0.1) is 6.04 Å². The van der Waals surface area contributed by atoms with Crippen LogP contribution in [0.2, 0.25) is 0 Å². The molecular weight excluding hydrogens is 452 g/mol. The van der Waals surface area contributed by atoms with Crippen molar-refractivity contribution < 1.29 is 0 Å². The molecule has 0 spiro atoms. The van der Waals surface area contributed by atoms with E-state index in [1.165, 1.54) is 22.5 Å². The summed E-state index contributed by atoms with van der Waals surface area (Å²) >= 11 is 0. The molecule has 4 nitrogen and oxygen atoms in total. The van der Waals surface area contributed by atoms with Crippen LogP contribution < -0.4 is 4.90 Å². The number of hydrogen-bond acceptors (Lipinski definition) is 4. The maximum absolute atomic E-state index is 4.87. The number of benzene rings is 4. The second-order valence-corrected chi connectivity index (χ2v) is 9.27. The number of allylic oxidation sites excluding steroid dienone is 2. The Morgan fingerprint density at radius 2 is 1.11 bits per heavy atom. The van der Waals surface area contributed by atoms with Gasteiger partial charge in [-0.05, 0) is 42.3 Å². The van der Waals surface area contributed by atoms with E-state index in [0.717, 1.165) is 23.1 Å². The zero-order chi connectivity index (χ0) is 24.6. The lowest BCUT2D eigenvalue weighted by Crippen LogP contribution is -2.27. The lowest BCUT2D eigenvalue weighted by molar-refractivity contribution is 0.829. The SMILES string of the molecule is C1=CCC2C(=C1)c1ccccc1N2c1ccc(-c2nc(-c3ccccc3)nc(-c3ccccc3)n2)cc1. The predicted octanol–water partition coefficient (Wildman–Crippen LogP) is 7.74. The van der Waals surface area contributed by atoms with Gasteiger partial charge in [0.15, 0.2) is 17.5 Å². The average Bonchev–Trinajstić information content (AvgIpc) is 3.32. The molecule has 37 heavy (non-hydrogen) atoms. The molecule has 2 aliphatic rings. The first-order chi connectivity index (χ1) is 18.3. The van der Waals surface area contributed by atoms with Crippen LogP contribution in [0.4, 0.5) is 11.4 Å². The molecule has 7 rings (SSSR count). The van der Waals surface area contributed by atoms with Crippen molar-refractivity contribution >= 4 is 16.9 Å². The third-order valence-corrected chi connectivity index (χ3v) is 7.02. The first kappa shape index (κ1) is 21.5. The van der Waals surface area contributed by atoms with Crippen LogP contribution in [0.3, 0.4) is 0 Å². The van der Waals surface area contributed by atoms with E-state index in [1.54, 1.807) is 0 Å². The summed E-state index contributed by atoms with van der Waals surface area (Å²) in [7, 11) is 0. The Morgan fingerprint density at radius 3 is 1.73 bits per heavy atom. The summed E-state index contributed by atoms with van der Waals surface area (Å²) in [5, 5.41) is 0. The minimum Gasteiger partial charge on any atom is -0.333 e. The van der Waals surface area contributed by atoms with Gasteiger partial charge in [-0.1, -0.05) is 97.1 Å². The molecule has 1 aliphatic carbocycles. The van der Waals surface area contributed by atoms with Crippen LogP contribution in [-0.2, 0) is 0 Å². The number of anilines is 2. The van der Waals surface area contributed by atoms with Crippen molar-refractivity contribution in [3.05, 3.63) is 133 Å². The Morgan fingerprint density at radius 1 is 0.568 bits per heavy atom. The molecule has 1 aliphatic heterocycles. The maximum Gasteiger partial charge on any atom is 0.164 e. The maximum atomic E-state index is 4.87. The summed E-state index contributed by atoms with van der Waals surface area (Å²) in [6.45, 7) is 0. The molecule has 1 unspecified atom stereocenters. The van der Waals surface area contributed by atoms with Crippen molar-refractivity contribution in [2.75, 3.05) is 4.90 Å². The molecule has 2 heterocycles. The fraction of sp³-hybridized carbons (Fsp3) is 0.0606. The molecule has 0 fully saturated rings. The van der Waals surface area contributed by atoms with Crippen molar-refractivity contribution in [3.8, 4) is 34.2 Å². The van der Waals surface area contributed by atoms with Gasteiger partial charge in [0.25, 0.3) is 0 Å². The fourth-order valence-corrected chi connectivity index (χ4v) is 5.25. The van der Waals surface area contributed by atoms with E-state index < -0.39 is 0 Å². The fourth-order valence-electron chi connectivity index (χ4n) is 5.25. The molecule has 0 N–H and O–H groups in total. The highest BCUT2D eigenvalue weighted by Crippen LogP contribution is 2.47. The van der Waals surface area contributed by atoms with E-state index in [-0.39, 0.29) is 0 Å². The summed E-state index contributed by atoms with van der Waals surface area (Å²) < 4.78 is 0.